The van der Waals surface area contributed by atoms with Gasteiger partial charge in [0.25, 0.3) is 0 Å². The van der Waals surface area contributed by atoms with Crippen LogP contribution < -0.4 is 10.1 Å². The van der Waals surface area contributed by atoms with Crippen molar-refractivity contribution in [1.29, 1.82) is 0 Å². The van der Waals surface area contributed by atoms with Crippen LogP contribution in [-0.2, 0) is 10.5 Å². The molecule has 0 aliphatic heterocycles. The summed E-state index contributed by atoms with van der Waals surface area (Å²) in [4.78, 5) is 16.2. The van der Waals surface area contributed by atoms with E-state index in [1.165, 1.54) is 23.9 Å². The van der Waals surface area contributed by atoms with Crippen LogP contribution in [0.4, 0.5) is 10.1 Å². The lowest BCUT2D eigenvalue weighted by molar-refractivity contribution is -0.113. The van der Waals surface area contributed by atoms with Gasteiger partial charge in [0.15, 0.2) is 0 Å². The monoisotopic (exact) mass is 373 g/mol. The van der Waals surface area contributed by atoms with Gasteiger partial charge in [0.1, 0.15) is 11.6 Å². The first-order valence-corrected chi connectivity index (χ1v) is 8.89. The number of hydrogen-bond acceptors (Lipinski definition) is 6. The summed E-state index contributed by atoms with van der Waals surface area (Å²) in [6, 6.07) is 13.1. The van der Waals surface area contributed by atoms with Crippen molar-refractivity contribution in [2.45, 2.75) is 5.75 Å². The molecule has 26 heavy (non-hydrogen) atoms. The molecular weight excluding hydrogens is 357 g/mol. The fraction of sp³-hybridized carbons (Fsp3) is 0.167. The molecular formula is C18H16FN3O3S. The molecule has 1 amide bonds. The van der Waals surface area contributed by atoms with Crippen LogP contribution in [0.2, 0.25) is 0 Å². The number of benzene rings is 2. The number of aromatic nitrogens is 2. The largest absolute Gasteiger partial charge is 0.497 e. The van der Waals surface area contributed by atoms with Gasteiger partial charge >= 0.3 is 0 Å². The van der Waals surface area contributed by atoms with Crippen LogP contribution in [0.25, 0.3) is 11.4 Å². The van der Waals surface area contributed by atoms with Crippen LogP contribution >= 0.6 is 11.8 Å². The number of nitrogens with zero attached hydrogens (tertiary/aromatic N) is 2. The minimum Gasteiger partial charge on any atom is -0.497 e. The summed E-state index contributed by atoms with van der Waals surface area (Å²) in [6.45, 7) is 0. The Bertz CT molecular complexity index is 883. The molecule has 0 bridgehead atoms. The Labute approximate surface area is 153 Å². The van der Waals surface area contributed by atoms with Gasteiger partial charge in [-0.1, -0.05) is 17.3 Å². The predicted molar refractivity (Wildman–Crippen MR) is 97.5 cm³/mol. The van der Waals surface area contributed by atoms with Crippen molar-refractivity contribution in [2.75, 3.05) is 18.2 Å². The Balaban J connectivity index is 1.48. The van der Waals surface area contributed by atoms with Crippen LogP contribution in [0.5, 0.6) is 5.75 Å². The molecule has 0 atom stereocenters. The maximum atomic E-state index is 13.2. The van der Waals surface area contributed by atoms with Gasteiger partial charge in [-0.25, -0.2) is 4.39 Å². The predicted octanol–water partition coefficient (Wildman–Crippen LogP) is 3.76. The quantitative estimate of drug-likeness (QED) is 0.680. The normalized spacial score (nSPS) is 10.5. The zero-order chi connectivity index (χ0) is 18.4. The lowest BCUT2D eigenvalue weighted by Crippen LogP contribution is -2.14. The molecule has 6 nitrogen and oxygen atoms in total. The molecule has 1 heterocycles. The molecule has 134 valence electrons. The van der Waals surface area contributed by atoms with Crippen LogP contribution in [0.3, 0.4) is 0 Å². The number of anilines is 1. The highest BCUT2D eigenvalue weighted by atomic mass is 32.2. The van der Waals surface area contributed by atoms with E-state index in [9.17, 15) is 9.18 Å². The van der Waals surface area contributed by atoms with Crippen LogP contribution in [0.15, 0.2) is 53.1 Å². The summed E-state index contributed by atoms with van der Waals surface area (Å²) in [5, 5.41) is 6.62. The van der Waals surface area contributed by atoms with Crippen LogP contribution in [-0.4, -0.2) is 28.9 Å². The van der Waals surface area contributed by atoms with Crippen LogP contribution in [0.1, 0.15) is 5.89 Å². The van der Waals surface area contributed by atoms with Gasteiger partial charge in [-0.2, -0.15) is 4.98 Å². The molecule has 0 saturated heterocycles. The maximum absolute atomic E-state index is 13.2. The smallest absolute Gasteiger partial charge is 0.236 e. The number of rotatable bonds is 7. The van der Waals surface area contributed by atoms with E-state index in [-0.39, 0.29) is 17.5 Å². The average Bonchev–Trinajstić information content (AvgIpc) is 3.11. The molecule has 0 saturated carbocycles. The highest BCUT2D eigenvalue weighted by molar-refractivity contribution is 7.99. The Kier molecular flexibility index (Phi) is 5.85. The molecule has 1 aromatic heterocycles. The van der Waals surface area contributed by atoms with Crippen molar-refractivity contribution in [3.8, 4) is 17.1 Å². The van der Waals surface area contributed by atoms with Crippen molar-refractivity contribution in [3.05, 3.63) is 60.2 Å². The van der Waals surface area contributed by atoms with Gasteiger partial charge in [0.2, 0.25) is 17.6 Å². The van der Waals surface area contributed by atoms with Crippen LogP contribution in [0, 0.1) is 5.82 Å². The van der Waals surface area contributed by atoms with E-state index in [0.717, 1.165) is 5.75 Å². The molecule has 2 aromatic carbocycles. The van der Waals surface area contributed by atoms with E-state index in [4.69, 9.17) is 9.26 Å². The Morgan fingerprint density at radius 1 is 1.27 bits per heavy atom. The number of carbonyl (C=O) groups excluding carboxylic acids is 1. The number of nitrogens with one attached hydrogen (secondary N) is 1. The van der Waals surface area contributed by atoms with Crippen molar-refractivity contribution < 1.29 is 18.4 Å². The van der Waals surface area contributed by atoms with Gasteiger partial charge in [-0.3, -0.25) is 4.79 Å². The second-order valence-electron chi connectivity index (χ2n) is 5.29. The minimum absolute atomic E-state index is 0.134. The second-order valence-corrected chi connectivity index (χ2v) is 6.28. The van der Waals surface area contributed by atoms with Gasteiger partial charge in [0.05, 0.1) is 18.6 Å². The van der Waals surface area contributed by atoms with E-state index in [1.807, 2.05) is 0 Å². The highest BCUT2D eigenvalue weighted by Gasteiger charge is 2.10. The van der Waals surface area contributed by atoms with Crippen molar-refractivity contribution in [2.24, 2.45) is 0 Å². The summed E-state index contributed by atoms with van der Waals surface area (Å²) in [7, 11) is 1.58. The fourth-order valence-electron chi connectivity index (χ4n) is 2.16. The van der Waals surface area contributed by atoms with Gasteiger partial charge in [-0.15, -0.1) is 11.8 Å². The standard InChI is InChI=1S/C18H16FN3O3S/c1-24-15-7-5-14(6-8-15)20-16(23)10-26-11-17-21-18(22-25-17)12-3-2-4-13(19)9-12/h2-9H,10-11H2,1H3,(H,20,23). The Morgan fingerprint density at radius 2 is 2.08 bits per heavy atom. The molecule has 3 aromatic rings. The second kappa shape index (κ2) is 8.48. The molecule has 8 heteroatoms. The third-order valence-electron chi connectivity index (χ3n) is 3.38. The molecule has 3 rings (SSSR count). The van der Waals surface area contributed by atoms with Crippen molar-refractivity contribution >= 4 is 23.4 Å². The minimum atomic E-state index is -0.363. The van der Waals surface area contributed by atoms with Gasteiger partial charge in [-0.05, 0) is 36.4 Å². The van der Waals surface area contributed by atoms with Crippen molar-refractivity contribution in [3.63, 3.8) is 0 Å². The number of carbonyl (C=O) groups is 1. The number of thioether (sulfide) groups is 1. The number of methoxy groups -OCH3 is 1. The highest BCUT2D eigenvalue weighted by Crippen LogP contribution is 2.19. The third kappa shape index (κ3) is 4.82. The lowest BCUT2D eigenvalue weighted by Gasteiger charge is -2.05. The first-order chi connectivity index (χ1) is 12.6. The van der Waals surface area contributed by atoms with Gasteiger partial charge in [0, 0.05) is 11.3 Å². The SMILES string of the molecule is COc1ccc(NC(=O)CSCc2nc(-c3cccc(F)c3)no2)cc1. The van der Waals surface area contributed by atoms with Gasteiger partial charge < -0.3 is 14.6 Å². The maximum Gasteiger partial charge on any atom is 0.236 e. The number of halogens is 1. The zero-order valence-electron chi connectivity index (χ0n) is 13.9. The first kappa shape index (κ1) is 17.9. The summed E-state index contributed by atoms with van der Waals surface area (Å²) in [5.74, 6) is 1.56. The topological polar surface area (TPSA) is 77.2 Å². The van der Waals surface area contributed by atoms with E-state index >= 15 is 0 Å². The van der Waals surface area contributed by atoms with E-state index in [1.54, 1.807) is 43.5 Å². The van der Waals surface area contributed by atoms with E-state index in [0.29, 0.717) is 28.7 Å². The Morgan fingerprint density at radius 3 is 2.81 bits per heavy atom. The lowest BCUT2D eigenvalue weighted by atomic mass is 10.2. The number of ether oxygens (including phenoxy) is 1. The summed E-state index contributed by atoms with van der Waals surface area (Å²) in [6.07, 6.45) is 0. The van der Waals surface area contributed by atoms with E-state index < -0.39 is 0 Å². The summed E-state index contributed by atoms with van der Waals surface area (Å²) >= 11 is 1.35. The first-order valence-electron chi connectivity index (χ1n) is 7.74. The number of hydrogen-bond donors (Lipinski definition) is 1. The summed E-state index contributed by atoms with van der Waals surface area (Å²) in [5.41, 5.74) is 1.24. The molecule has 0 unspecified atom stereocenters. The Hall–Kier alpha value is -2.87. The molecule has 0 aliphatic rings. The third-order valence-corrected chi connectivity index (χ3v) is 4.30. The van der Waals surface area contributed by atoms with E-state index in [2.05, 4.69) is 15.5 Å². The molecule has 0 fully saturated rings. The summed E-state index contributed by atoms with van der Waals surface area (Å²) < 4.78 is 23.4. The van der Waals surface area contributed by atoms with Crippen molar-refractivity contribution in [1.82, 2.24) is 10.1 Å². The number of amides is 1. The molecule has 0 radical (unpaired) electrons. The average molecular weight is 373 g/mol. The fourth-order valence-corrected chi connectivity index (χ4v) is 2.81. The molecule has 1 N–H and O–H groups in total. The molecule has 0 spiro atoms. The zero-order valence-corrected chi connectivity index (χ0v) is 14.8. The molecule has 0 aliphatic carbocycles.